The van der Waals surface area contributed by atoms with Gasteiger partial charge in [-0.25, -0.2) is 4.98 Å². The molecule has 1 aromatic carbocycles. The highest BCUT2D eigenvalue weighted by Gasteiger charge is 2.14. The third-order valence-corrected chi connectivity index (χ3v) is 2.75. The number of para-hydroxylation sites is 1. The molecular formula is C13H14N4O2. The summed E-state index contributed by atoms with van der Waals surface area (Å²) in [4.78, 5) is 16.6. The number of nitrogens with one attached hydrogen (secondary N) is 1. The van der Waals surface area contributed by atoms with Gasteiger partial charge in [0.2, 0.25) is 0 Å². The van der Waals surface area contributed by atoms with Crippen LogP contribution in [0.15, 0.2) is 42.5 Å². The van der Waals surface area contributed by atoms with Crippen LogP contribution in [0.2, 0.25) is 0 Å². The lowest BCUT2D eigenvalue weighted by Crippen LogP contribution is -2.12. The van der Waals surface area contributed by atoms with E-state index in [2.05, 4.69) is 10.3 Å². The zero-order valence-corrected chi connectivity index (χ0v) is 10.7. The van der Waals surface area contributed by atoms with E-state index in [0.29, 0.717) is 11.6 Å². The minimum absolute atomic E-state index is 0.0112. The highest BCUT2D eigenvalue weighted by atomic mass is 16.6. The molecule has 1 aromatic heterocycles. The molecule has 0 aliphatic rings. The summed E-state index contributed by atoms with van der Waals surface area (Å²) in [6.07, 6.45) is 0. The third kappa shape index (κ3) is 2.79. The highest BCUT2D eigenvalue weighted by molar-refractivity contribution is 5.64. The van der Waals surface area contributed by atoms with Crippen LogP contribution in [0.3, 0.4) is 0 Å². The van der Waals surface area contributed by atoms with Crippen molar-refractivity contribution in [1.29, 1.82) is 0 Å². The minimum atomic E-state index is -0.426. The second-order valence-corrected chi connectivity index (χ2v) is 3.97. The standard InChI is InChI=1S/C13H14N4O2/c1-14-12-8-11(17(18)19)9-13(15-12)16(2)10-6-4-3-5-7-10/h3-9H,1-2H3,(H,14,15). The molecule has 98 valence electrons. The topological polar surface area (TPSA) is 71.3 Å². The molecule has 0 saturated heterocycles. The van der Waals surface area contributed by atoms with Crippen LogP contribution in [-0.4, -0.2) is 24.0 Å². The zero-order valence-electron chi connectivity index (χ0n) is 10.7. The maximum Gasteiger partial charge on any atom is 0.276 e. The van der Waals surface area contributed by atoms with Gasteiger partial charge in [-0.05, 0) is 12.1 Å². The fraction of sp³-hybridized carbons (Fsp3) is 0.154. The van der Waals surface area contributed by atoms with Gasteiger partial charge >= 0.3 is 0 Å². The minimum Gasteiger partial charge on any atom is -0.373 e. The molecule has 1 N–H and O–H groups in total. The van der Waals surface area contributed by atoms with Crippen LogP contribution in [0.1, 0.15) is 0 Å². The van der Waals surface area contributed by atoms with Crippen LogP contribution in [0.5, 0.6) is 0 Å². The van der Waals surface area contributed by atoms with Crippen LogP contribution >= 0.6 is 0 Å². The molecule has 0 bridgehead atoms. The third-order valence-electron chi connectivity index (χ3n) is 2.75. The number of nitrogens with zero attached hydrogens (tertiary/aromatic N) is 3. The van der Waals surface area contributed by atoms with Gasteiger partial charge in [-0.2, -0.15) is 0 Å². The van der Waals surface area contributed by atoms with E-state index in [1.807, 2.05) is 37.4 Å². The second-order valence-electron chi connectivity index (χ2n) is 3.97. The number of anilines is 3. The van der Waals surface area contributed by atoms with E-state index >= 15 is 0 Å². The van der Waals surface area contributed by atoms with Crippen molar-refractivity contribution < 1.29 is 4.92 Å². The lowest BCUT2D eigenvalue weighted by Gasteiger charge is -2.18. The molecule has 0 radical (unpaired) electrons. The number of hydrogen-bond donors (Lipinski definition) is 1. The molecule has 6 nitrogen and oxygen atoms in total. The van der Waals surface area contributed by atoms with Crippen molar-refractivity contribution in [2.75, 3.05) is 24.3 Å². The Bertz CT molecular complexity index is 586. The Morgan fingerprint density at radius 2 is 1.95 bits per heavy atom. The summed E-state index contributed by atoms with van der Waals surface area (Å²) in [5, 5.41) is 13.7. The number of hydrogen-bond acceptors (Lipinski definition) is 5. The summed E-state index contributed by atoms with van der Waals surface area (Å²) < 4.78 is 0. The van der Waals surface area contributed by atoms with Gasteiger partial charge in [0.15, 0.2) is 0 Å². The van der Waals surface area contributed by atoms with Crippen molar-refractivity contribution in [2.24, 2.45) is 0 Å². The van der Waals surface area contributed by atoms with Crippen LogP contribution in [0.25, 0.3) is 0 Å². The van der Waals surface area contributed by atoms with Gasteiger partial charge in [0.25, 0.3) is 5.69 Å². The molecule has 0 aliphatic heterocycles. The van der Waals surface area contributed by atoms with E-state index in [0.717, 1.165) is 5.69 Å². The second kappa shape index (κ2) is 5.34. The predicted molar refractivity (Wildman–Crippen MR) is 74.9 cm³/mol. The van der Waals surface area contributed by atoms with Gasteiger partial charge in [0.05, 0.1) is 17.1 Å². The molecule has 2 rings (SSSR count). The molecule has 0 unspecified atom stereocenters. The van der Waals surface area contributed by atoms with Crippen LogP contribution in [0, 0.1) is 10.1 Å². The predicted octanol–water partition coefficient (Wildman–Crippen LogP) is 2.80. The maximum atomic E-state index is 10.9. The number of benzene rings is 1. The average molecular weight is 258 g/mol. The molecule has 19 heavy (non-hydrogen) atoms. The number of nitro groups is 1. The van der Waals surface area contributed by atoms with Crippen molar-refractivity contribution >= 4 is 23.0 Å². The Labute approximate surface area is 110 Å². The Morgan fingerprint density at radius 3 is 2.53 bits per heavy atom. The van der Waals surface area contributed by atoms with Crippen molar-refractivity contribution in [3.63, 3.8) is 0 Å². The monoisotopic (exact) mass is 258 g/mol. The summed E-state index contributed by atoms with van der Waals surface area (Å²) in [6, 6.07) is 12.4. The first-order valence-electron chi connectivity index (χ1n) is 5.75. The van der Waals surface area contributed by atoms with E-state index in [-0.39, 0.29) is 5.69 Å². The number of rotatable bonds is 4. The summed E-state index contributed by atoms with van der Waals surface area (Å²) in [6.45, 7) is 0. The first-order valence-corrected chi connectivity index (χ1v) is 5.75. The summed E-state index contributed by atoms with van der Waals surface area (Å²) >= 11 is 0. The van der Waals surface area contributed by atoms with E-state index < -0.39 is 4.92 Å². The molecule has 1 heterocycles. The van der Waals surface area contributed by atoms with Crippen molar-refractivity contribution in [1.82, 2.24) is 4.98 Å². The largest absolute Gasteiger partial charge is 0.373 e. The van der Waals surface area contributed by atoms with Gasteiger partial charge in [-0.15, -0.1) is 0 Å². The van der Waals surface area contributed by atoms with Gasteiger partial charge in [-0.3, -0.25) is 10.1 Å². The molecular weight excluding hydrogens is 244 g/mol. The zero-order chi connectivity index (χ0) is 13.8. The normalized spacial score (nSPS) is 10.0. The van der Waals surface area contributed by atoms with Gasteiger partial charge < -0.3 is 10.2 Å². The maximum absolute atomic E-state index is 10.9. The first kappa shape index (κ1) is 12.8. The molecule has 0 spiro atoms. The Hall–Kier alpha value is -2.63. The van der Waals surface area contributed by atoms with Gasteiger partial charge in [-0.1, -0.05) is 18.2 Å². The number of aromatic nitrogens is 1. The van der Waals surface area contributed by atoms with Crippen molar-refractivity contribution in [3.05, 3.63) is 52.6 Å². The lowest BCUT2D eigenvalue weighted by atomic mass is 10.3. The molecule has 2 aromatic rings. The Morgan fingerprint density at radius 1 is 1.26 bits per heavy atom. The van der Waals surface area contributed by atoms with Crippen molar-refractivity contribution in [3.8, 4) is 0 Å². The Kier molecular flexibility index (Phi) is 3.61. The molecule has 0 amide bonds. The number of pyridine rings is 1. The van der Waals surface area contributed by atoms with E-state index in [9.17, 15) is 10.1 Å². The SMILES string of the molecule is CNc1cc([N+](=O)[O-])cc(N(C)c2ccccc2)n1. The first-order chi connectivity index (χ1) is 9.11. The molecule has 0 atom stereocenters. The Balaban J connectivity index is 2.44. The fourth-order valence-corrected chi connectivity index (χ4v) is 1.69. The fourth-order valence-electron chi connectivity index (χ4n) is 1.69. The van der Waals surface area contributed by atoms with E-state index in [1.54, 1.807) is 11.9 Å². The van der Waals surface area contributed by atoms with Crippen LogP contribution in [-0.2, 0) is 0 Å². The van der Waals surface area contributed by atoms with E-state index in [4.69, 9.17) is 0 Å². The quantitative estimate of drug-likeness (QED) is 0.674. The van der Waals surface area contributed by atoms with Gasteiger partial charge in [0, 0.05) is 19.8 Å². The van der Waals surface area contributed by atoms with E-state index in [1.165, 1.54) is 12.1 Å². The summed E-state index contributed by atoms with van der Waals surface area (Å²) in [5.41, 5.74) is 0.926. The average Bonchev–Trinajstić information content (AvgIpc) is 2.46. The van der Waals surface area contributed by atoms with Crippen molar-refractivity contribution in [2.45, 2.75) is 0 Å². The molecule has 0 aliphatic carbocycles. The summed E-state index contributed by atoms with van der Waals surface area (Å²) in [7, 11) is 3.50. The molecule has 0 fully saturated rings. The summed E-state index contributed by atoms with van der Waals surface area (Å²) in [5.74, 6) is 0.983. The molecule has 6 heteroatoms. The van der Waals surface area contributed by atoms with Crippen LogP contribution < -0.4 is 10.2 Å². The highest BCUT2D eigenvalue weighted by Crippen LogP contribution is 2.27. The van der Waals surface area contributed by atoms with Crippen LogP contribution in [0.4, 0.5) is 23.0 Å². The lowest BCUT2D eigenvalue weighted by molar-refractivity contribution is -0.384. The molecule has 0 saturated carbocycles. The smallest absolute Gasteiger partial charge is 0.276 e. The van der Waals surface area contributed by atoms with Gasteiger partial charge in [0.1, 0.15) is 11.6 Å².